The van der Waals surface area contributed by atoms with Crippen LogP contribution in [0.3, 0.4) is 0 Å². The highest BCUT2D eigenvalue weighted by Gasteiger charge is 2.16. The minimum Gasteiger partial charge on any atom is -0.360 e. The second-order valence-corrected chi connectivity index (χ2v) is 9.26. The molecule has 0 aliphatic heterocycles. The number of rotatable bonds is 8. The zero-order valence-corrected chi connectivity index (χ0v) is 17.6. The van der Waals surface area contributed by atoms with Crippen LogP contribution in [0, 0.1) is 13.8 Å². The largest absolute Gasteiger partial charge is 0.360 e. The molecule has 152 valence electrons. The number of hydrogen-bond donors (Lipinski definition) is 2. The second kappa shape index (κ2) is 9.15. The predicted molar refractivity (Wildman–Crippen MR) is 114 cm³/mol. The molecule has 1 aromatic heterocycles. The summed E-state index contributed by atoms with van der Waals surface area (Å²) in [6.07, 6.45) is 0.353. The Labute approximate surface area is 173 Å². The lowest BCUT2D eigenvalue weighted by Gasteiger charge is -2.08. The number of nitrogens with one attached hydrogen (secondary N) is 2. The number of amides is 1. The lowest BCUT2D eigenvalue weighted by molar-refractivity contribution is -0.115. The second-order valence-electron chi connectivity index (χ2n) is 6.41. The van der Waals surface area contributed by atoms with E-state index in [2.05, 4.69) is 15.2 Å². The molecule has 0 saturated heterocycles. The summed E-state index contributed by atoms with van der Waals surface area (Å²) in [4.78, 5) is 13.3. The normalized spacial score (nSPS) is 11.2. The topological polar surface area (TPSA) is 101 Å². The molecule has 29 heavy (non-hydrogen) atoms. The third-order valence-corrected chi connectivity index (χ3v) is 6.32. The van der Waals surface area contributed by atoms with Crippen LogP contribution in [0.4, 0.5) is 11.5 Å². The van der Waals surface area contributed by atoms with Crippen LogP contribution in [-0.2, 0) is 14.8 Å². The van der Waals surface area contributed by atoms with Crippen molar-refractivity contribution < 1.29 is 17.7 Å². The Hall–Kier alpha value is -2.78. The number of hydrogen-bond acceptors (Lipinski definition) is 6. The molecule has 0 unspecified atom stereocenters. The van der Waals surface area contributed by atoms with Gasteiger partial charge in [0.2, 0.25) is 5.91 Å². The van der Waals surface area contributed by atoms with Crippen LogP contribution in [0.25, 0.3) is 0 Å². The maximum Gasteiger partial charge on any atom is 0.263 e. The SMILES string of the molecule is Cc1ccc(SCCC(=O)Nc2ccc(S(=O)(=O)Nc3cc(C)on3)cc2)cc1. The number of benzene rings is 2. The van der Waals surface area contributed by atoms with Crippen LogP contribution < -0.4 is 10.0 Å². The van der Waals surface area contributed by atoms with Gasteiger partial charge in [0.25, 0.3) is 10.0 Å². The van der Waals surface area contributed by atoms with Gasteiger partial charge in [-0.1, -0.05) is 22.9 Å². The molecule has 3 aromatic rings. The van der Waals surface area contributed by atoms with E-state index in [9.17, 15) is 13.2 Å². The molecule has 1 amide bonds. The molecular formula is C20H21N3O4S2. The fraction of sp³-hybridized carbons (Fsp3) is 0.200. The standard InChI is InChI=1S/C20H21N3O4S2/c1-14-3-7-17(8-4-14)28-12-11-20(24)21-16-5-9-18(10-6-16)29(25,26)23-19-13-15(2)27-22-19/h3-10,13H,11-12H2,1-2H3,(H,21,24)(H,22,23). The lowest BCUT2D eigenvalue weighted by atomic mass is 10.2. The highest BCUT2D eigenvalue weighted by molar-refractivity contribution is 7.99. The maximum atomic E-state index is 12.4. The Balaban J connectivity index is 1.51. The van der Waals surface area contributed by atoms with Gasteiger partial charge in [0.1, 0.15) is 5.76 Å². The average molecular weight is 432 g/mol. The van der Waals surface area contributed by atoms with Crippen molar-refractivity contribution in [1.82, 2.24) is 5.16 Å². The molecule has 7 nitrogen and oxygen atoms in total. The monoisotopic (exact) mass is 431 g/mol. The molecule has 3 rings (SSSR count). The van der Waals surface area contributed by atoms with Gasteiger partial charge in [-0.25, -0.2) is 8.42 Å². The van der Waals surface area contributed by atoms with Crippen LogP contribution in [0.5, 0.6) is 0 Å². The van der Waals surface area contributed by atoms with E-state index in [-0.39, 0.29) is 16.6 Å². The van der Waals surface area contributed by atoms with Gasteiger partial charge < -0.3 is 9.84 Å². The number of carbonyl (C=O) groups is 1. The third kappa shape index (κ3) is 6.10. The molecule has 0 fully saturated rings. The Bertz CT molecular complexity index is 1080. The molecule has 0 aliphatic carbocycles. The zero-order chi connectivity index (χ0) is 20.9. The average Bonchev–Trinajstić information content (AvgIpc) is 3.08. The molecule has 1 heterocycles. The Morgan fingerprint density at radius 2 is 1.76 bits per heavy atom. The van der Waals surface area contributed by atoms with E-state index in [4.69, 9.17) is 4.52 Å². The van der Waals surface area contributed by atoms with Crippen LogP contribution in [0.1, 0.15) is 17.7 Å². The van der Waals surface area contributed by atoms with Gasteiger partial charge in [0, 0.05) is 28.8 Å². The minimum atomic E-state index is -3.78. The summed E-state index contributed by atoms with van der Waals surface area (Å²) < 4.78 is 31.9. The van der Waals surface area contributed by atoms with E-state index in [0.29, 0.717) is 23.6 Å². The third-order valence-electron chi connectivity index (χ3n) is 3.93. The first-order valence-corrected chi connectivity index (χ1v) is 11.3. The smallest absolute Gasteiger partial charge is 0.263 e. The number of anilines is 2. The van der Waals surface area contributed by atoms with Crippen LogP contribution in [0.15, 0.2) is 68.9 Å². The number of nitrogens with zero attached hydrogens (tertiary/aromatic N) is 1. The zero-order valence-electron chi connectivity index (χ0n) is 16.0. The van der Waals surface area contributed by atoms with Crippen molar-refractivity contribution in [3.8, 4) is 0 Å². The summed E-state index contributed by atoms with van der Waals surface area (Å²) in [5.41, 5.74) is 1.73. The fourth-order valence-corrected chi connectivity index (χ4v) is 4.28. The van der Waals surface area contributed by atoms with Gasteiger partial charge in [-0.15, -0.1) is 11.8 Å². The van der Waals surface area contributed by atoms with Crippen LogP contribution in [-0.4, -0.2) is 25.2 Å². The highest BCUT2D eigenvalue weighted by Crippen LogP contribution is 2.20. The Kier molecular flexibility index (Phi) is 6.60. The molecule has 2 N–H and O–H groups in total. The van der Waals surface area contributed by atoms with Crippen molar-refractivity contribution in [2.75, 3.05) is 15.8 Å². The van der Waals surface area contributed by atoms with Gasteiger partial charge in [0.15, 0.2) is 5.82 Å². The highest BCUT2D eigenvalue weighted by atomic mass is 32.2. The molecule has 0 radical (unpaired) electrons. The first-order valence-electron chi connectivity index (χ1n) is 8.87. The number of aryl methyl sites for hydroxylation is 2. The van der Waals surface area contributed by atoms with Crippen molar-refractivity contribution >= 4 is 39.2 Å². The van der Waals surface area contributed by atoms with E-state index in [1.807, 2.05) is 31.2 Å². The summed E-state index contributed by atoms with van der Waals surface area (Å²) >= 11 is 1.61. The van der Waals surface area contributed by atoms with E-state index in [0.717, 1.165) is 4.90 Å². The number of thioether (sulfide) groups is 1. The van der Waals surface area contributed by atoms with E-state index < -0.39 is 10.0 Å². The minimum absolute atomic E-state index is 0.0612. The van der Waals surface area contributed by atoms with E-state index >= 15 is 0 Å². The number of sulfonamides is 1. The molecule has 0 aliphatic rings. The quantitative estimate of drug-likeness (QED) is 0.518. The molecule has 0 spiro atoms. The molecule has 2 aromatic carbocycles. The summed E-state index contributed by atoms with van der Waals surface area (Å²) in [5.74, 6) is 1.14. The first kappa shape index (κ1) is 20.9. The number of aromatic nitrogens is 1. The summed E-state index contributed by atoms with van der Waals surface area (Å²) in [7, 11) is -3.78. The fourth-order valence-electron chi connectivity index (χ4n) is 2.45. The molecule has 9 heteroatoms. The molecule has 0 saturated carbocycles. The summed E-state index contributed by atoms with van der Waals surface area (Å²) in [5, 5.41) is 6.39. The predicted octanol–water partition coefficient (Wildman–Crippen LogP) is 4.21. The Morgan fingerprint density at radius 1 is 1.07 bits per heavy atom. The molecular weight excluding hydrogens is 410 g/mol. The van der Waals surface area contributed by atoms with E-state index in [1.54, 1.807) is 30.8 Å². The van der Waals surface area contributed by atoms with Crippen molar-refractivity contribution in [2.24, 2.45) is 0 Å². The van der Waals surface area contributed by atoms with Crippen molar-refractivity contribution in [3.05, 3.63) is 65.9 Å². The molecule has 0 bridgehead atoms. The van der Waals surface area contributed by atoms with Gasteiger partial charge in [-0.2, -0.15) is 0 Å². The summed E-state index contributed by atoms with van der Waals surface area (Å²) in [6.45, 7) is 3.70. The van der Waals surface area contributed by atoms with Gasteiger partial charge in [0.05, 0.1) is 4.90 Å². The number of carbonyl (C=O) groups excluding carboxylic acids is 1. The summed E-state index contributed by atoms with van der Waals surface area (Å²) in [6, 6.07) is 15.6. The van der Waals surface area contributed by atoms with E-state index in [1.165, 1.54) is 23.8 Å². The molecule has 0 atom stereocenters. The van der Waals surface area contributed by atoms with Crippen molar-refractivity contribution in [3.63, 3.8) is 0 Å². The lowest BCUT2D eigenvalue weighted by Crippen LogP contribution is -2.14. The van der Waals surface area contributed by atoms with Crippen LogP contribution >= 0.6 is 11.8 Å². The van der Waals surface area contributed by atoms with Gasteiger partial charge in [-0.05, 0) is 50.2 Å². The Morgan fingerprint density at radius 3 is 2.38 bits per heavy atom. The first-order chi connectivity index (χ1) is 13.8. The van der Waals surface area contributed by atoms with Gasteiger partial charge in [-0.3, -0.25) is 9.52 Å². The van der Waals surface area contributed by atoms with Gasteiger partial charge >= 0.3 is 0 Å². The van der Waals surface area contributed by atoms with Crippen molar-refractivity contribution in [1.29, 1.82) is 0 Å². The maximum absolute atomic E-state index is 12.4. The van der Waals surface area contributed by atoms with Crippen molar-refractivity contribution in [2.45, 2.75) is 30.1 Å². The van der Waals surface area contributed by atoms with Crippen LogP contribution in [0.2, 0.25) is 0 Å².